The molecule has 0 bridgehead atoms. The van der Waals surface area contributed by atoms with Crippen LogP contribution in [0.5, 0.6) is 5.75 Å². The van der Waals surface area contributed by atoms with Crippen LogP contribution in [0.1, 0.15) is 46.5 Å². The smallest absolute Gasteiger partial charge is 0.269 e. The maximum Gasteiger partial charge on any atom is 0.269 e. The number of hydrogen-bond donors (Lipinski definition) is 2. The first-order chi connectivity index (χ1) is 12.4. The van der Waals surface area contributed by atoms with Crippen molar-refractivity contribution in [1.29, 1.82) is 0 Å². The zero-order chi connectivity index (χ0) is 19.1. The monoisotopic (exact) mass is 418 g/mol. The second kappa shape index (κ2) is 9.38. The second-order valence-corrected chi connectivity index (χ2v) is 7.31. The molecule has 138 valence electrons. The van der Waals surface area contributed by atoms with Gasteiger partial charge in [0.05, 0.1) is 11.1 Å². The van der Waals surface area contributed by atoms with E-state index in [0.29, 0.717) is 33.9 Å². The molecule has 2 aromatic rings. The van der Waals surface area contributed by atoms with Crippen LogP contribution in [0.4, 0.5) is 0 Å². The quantitative estimate of drug-likeness (QED) is 0.688. The molecule has 0 spiro atoms. The average molecular weight is 419 g/mol. The Morgan fingerprint density at radius 2 is 1.69 bits per heavy atom. The molecule has 0 saturated heterocycles. The van der Waals surface area contributed by atoms with Crippen molar-refractivity contribution in [3.8, 4) is 5.75 Å². The molecule has 0 radical (unpaired) electrons. The maximum absolute atomic E-state index is 12.2. The SMILES string of the molecule is Cc1cccc(C(=O)NNC(=O)c2ccc(OCCC(C)C)c(Br)c2)c1. The third-order valence-electron chi connectivity index (χ3n) is 3.72. The molecular weight excluding hydrogens is 396 g/mol. The number of hydrogen-bond acceptors (Lipinski definition) is 3. The van der Waals surface area contributed by atoms with E-state index >= 15 is 0 Å². The number of carbonyl (C=O) groups excluding carboxylic acids is 2. The standard InChI is InChI=1S/C20H23BrN2O3/c1-13(2)9-10-26-18-8-7-16(12-17(18)21)20(25)23-22-19(24)15-6-4-5-14(3)11-15/h4-8,11-13H,9-10H2,1-3H3,(H,22,24)(H,23,25). The van der Waals surface area contributed by atoms with Crippen LogP contribution in [0.15, 0.2) is 46.9 Å². The Morgan fingerprint density at radius 1 is 1.04 bits per heavy atom. The number of halogens is 1. The van der Waals surface area contributed by atoms with Gasteiger partial charge in [-0.1, -0.05) is 31.5 Å². The van der Waals surface area contributed by atoms with Crippen molar-refractivity contribution in [2.75, 3.05) is 6.61 Å². The van der Waals surface area contributed by atoms with Crippen molar-refractivity contribution in [1.82, 2.24) is 10.9 Å². The first-order valence-corrected chi connectivity index (χ1v) is 9.26. The fourth-order valence-electron chi connectivity index (χ4n) is 2.21. The normalized spacial score (nSPS) is 10.5. The third-order valence-corrected chi connectivity index (χ3v) is 4.34. The zero-order valence-corrected chi connectivity index (χ0v) is 16.7. The van der Waals surface area contributed by atoms with E-state index in [4.69, 9.17) is 4.74 Å². The largest absolute Gasteiger partial charge is 0.492 e. The third kappa shape index (κ3) is 5.88. The summed E-state index contributed by atoms with van der Waals surface area (Å²) in [5.74, 6) is 0.483. The van der Waals surface area contributed by atoms with E-state index in [9.17, 15) is 9.59 Å². The van der Waals surface area contributed by atoms with E-state index in [0.717, 1.165) is 12.0 Å². The summed E-state index contributed by atoms with van der Waals surface area (Å²) in [6.45, 7) is 6.79. The van der Waals surface area contributed by atoms with E-state index in [-0.39, 0.29) is 5.91 Å². The Morgan fingerprint density at radius 3 is 2.27 bits per heavy atom. The lowest BCUT2D eigenvalue weighted by molar-refractivity contribution is 0.0846. The lowest BCUT2D eigenvalue weighted by Crippen LogP contribution is -2.41. The van der Waals surface area contributed by atoms with Crippen molar-refractivity contribution in [3.05, 3.63) is 63.6 Å². The summed E-state index contributed by atoms with van der Waals surface area (Å²) in [7, 11) is 0. The highest BCUT2D eigenvalue weighted by molar-refractivity contribution is 9.10. The predicted molar refractivity (Wildman–Crippen MR) is 105 cm³/mol. The van der Waals surface area contributed by atoms with Crippen LogP contribution in [0.3, 0.4) is 0 Å². The van der Waals surface area contributed by atoms with Crippen molar-refractivity contribution in [2.45, 2.75) is 27.2 Å². The Hall–Kier alpha value is -2.34. The average Bonchev–Trinajstić information content (AvgIpc) is 2.60. The van der Waals surface area contributed by atoms with Crippen LogP contribution in [-0.4, -0.2) is 18.4 Å². The van der Waals surface area contributed by atoms with Gasteiger partial charge < -0.3 is 4.74 Å². The minimum atomic E-state index is -0.402. The van der Waals surface area contributed by atoms with Crippen LogP contribution >= 0.6 is 15.9 Å². The lowest BCUT2D eigenvalue weighted by Gasteiger charge is -2.11. The van der Waals surface area contributed by atoms with Gasteiger partial charge in [-0.3, -0.25) is 20.4 Å². The molecule has 0 heterocycles. The first kappa shape index (κ1) is 20.0. The zero-order valence-electron chi connectivity index (χ0n) is 15.1. The van der Waals surface area contributed by atoms with Gasteiger partial charge in [0, 0.05) is 11.1 Å². The fraction of sp³-hybridized carbons (Fsp3) is 0.300. The highest BCUT2D eigenvalue weighted by Crippen LogP contribution is 2.26. The van der Waals surface area contributed by atoms with Gasteiger partial charge in [0.15, 0.2) is 0 Å². The molecule has 6 heteroatoms. The van der Waals surface area contributed by atoms with E-state index in [1.165, 1.54) is 0 Å². The summed E-state index contributed by atoms with van der Waals surface area (Å²) in [5, 5.41) is 0. The van der Waals surface area contributed by atoms with Crippen LogP contribution in [-0.2, 0) is 0 Å². The molecule has 0 aromatic heterocycles. The molecule has 0 fully saturated rings. The summed E-state index contributed by atoms with van der Waals surface area (Å²) in [5.41, 5.74) is 6.72. The van der Waals surface area contributed by atoms with Gasteiger partial charge in [-0.2, -0.15) is 0 Å². The Kier molecular flexibility index (Phi) is 7.21. The Labute approximate surface area is 162 Å². The Balaban J connectivity index is 1.93. The number of benzene rings is 2. The van der Waals surface area contributed by atoms with Gasteiger partial charge in [-0.05, 0) is 65.5 Å². The summed E-state index contributed by atoms with van der Waals surface area (Å²) in [6, 6.07) is 12.2. The summed E-state index contributed by atoms with van der Waals surface area (Å²) < 4.78 is 6.39. The number of ether oxygens (including phenoxy) is 1. The maximum atomic E-state index is 12.2. The molecule has 0 saturated carbocycles. The van der Waals surface area contributed by atoms with E-state index in [1.807, 2.05) is 13.0 Å². The molecule has 0 aliphatic carbocycles. The van der Waals surface area contributed by atoms with E-state index in [2.05, 4.69) is 40.6 Å². The molecule has 0 aliphatic rings. The summed E-state index contributed by atoms with van der Waals surface area (Å²) >= 11 is 3.42. The molecule has 5 nitrogen and oxygen atoms in total. The molecule has 0 atom stereocenters. The molecule has 2 aromatic carbocycles. The highest BCUT2D eigenvalue weighted by Gasteiger charge is 2.11. The number of rotatable bonds is 6. The molecular formula is C20H23BrN2O3. The van der Waals surface area contributed by atoms with E-state index in [1.54, 1.807) is 36.4 Å². The van der Waals surface area contributed by atoms with Crippen LogP contribution in [0, 0.1) is 12.8 Å². The molecule has 0 aliphatic heterocycles. The second-order valence-electron chi connectivity index (χ2n) is 6.45. The highest BCUT2D eigenvalue weighted by atomic mass is 79.9. The minimum Gasteiger partial charge on any atom is -0.492 e. The van der Waals surface area contributed by atoms with Crippen molar-refractivity contribution >= 4 is 27.7 Å². The molecule has 2 rings (SSSR count). The fourth-order valence-corrected chi connectivity index (χ4v) is 2.70. The van der Waals surface area contributed by atoms with Crippen LogP contribution < -0.4 is 15.6 Å². The van der Waals surface area contributed by atoms with Crippen molar-refractivity contribution < 1.29 is 14.3 Å². The minimum absolute atomic E-state index is 0.366. The van der Waals surface area contributed by atoms with Crippen molar-refractivity contribution in [2.24, 2.45) is 5.92 Å². The van der Waals surface area contributed by atoms with Gasteiger partial charge in [0.25, 0.3) is 11.8 Å². The van der Waals surface area contributed by atoms with Crippen molar-refractivity contribution in [3.63, 3.8) is 0 Å². The van der Waals surface area contributed by atoms with Gasteiger partial charge in [-0.15, -0.1) is 0 Å². The van der Waals surface area contributed by atoms with Crippen LogP contribution in [0.2, 0.25) is 0 Å². The molecule has 2 N–H and O–H groups in total. The number of carbonyl (C=O) groups is 2. The first-order valence-electron chi connectivity index (χ1n) is 8.46. The van der Waals surface area contributed by atoms with Crippen LogP contribution in [0.25, 0.3) is 0 Å². The van der Waals surface area contributed by atoms with Gasteiger partial charge in [0.2, 0.25) is 0 Å². The number of amides is 2. The topological polar surface area (TPSA) is 67.4 Å². The molecule has 2 amide bonds. The summed E-state index contributed by atoms with van der Waals surface area (Å²) in [4.78, 5) is 24.3. The van der Waals surface area contributed by atoms with E-state index < -0.39 is 5.91 Å². The summed E-state index contributed by atoms with van der Waals surface area (Å²) in [6.07, 6.45) is 0.958. The lowest BCUT2D eigenvalue weighted by atomic mass is 10.1. The molecule has 0 unspecified atom stereocenters. The Bertz CT molecular complexity index is 790. The number of nitrogens with one attached hydrogen (secondary N) is 2. The predicted octanol–water partition coefficient (Wildman–Crippen LogP) is 4.26. The molecule has 26 heavy (non-hydrogen) atoms. The number of hydrazine groups is 1. The number of aryl methyl sites for hydroxylation is 1. The van der Waals surface area contributed by atoms with Gasteiger partial charge in [0.1, 0.15) is 5.75 Å². The van der Waals surface area contributed by atoms with Gasteiger partial charge in [-0.25, -0.2) is 0 Å². The van der Waals surface area contributed by atoms with Gasteiger partial charge >= 0.3 is 0 Å².